The highest BCUT2D eigenvalue weighted by Crippen LogP contribution is 2.38. The summed E-state index contributed by atoms with van der Waals surface area (Å²) in [5.41, 5.74) is 3.83. The van der Waals surface area contributed by atoms with Crippen molar-refractivity contribution in [3.8, 4) is 0 Å². The monoisotopic (exact) mass is 415 g/mol. The molecule has 25 heavy (non-hydrogen) atoms. The lowest BCUT2D eigenvalue weighted by molar-refractivity contribution is 0.627. The van der Waals surface area contributed by atoms with Gasteiger partial charge in [0.1, 0.15) is 5.82 Å². The Morgan fingerprint density at radius 1 is 1.20 bits per heavy atom. The summed E-state index contributed by atoms with van der Waals surface area (Å²) in [7, 11) is 0. The van der Waals surface area contributed by atoms with Crippen LogP contribution in [0.3, 0.4) is 0 Å². The van der Waals surface area contributed by atoms with Gasteiger partial charge in [-0.2, -0.15) is 5.10 Å². The van der Waals surface area contributed by atoms with Crippen LogP contribution in [-0.2, 0) is 0 Å². The minimum absolute atomic E-state index is 0.0527. The van der Waals surface area contributed by atoms with E-state index in [1.54, 1.807) is 17.4 Å². The molecule has 0 fully saturated rings. The summed E-state index contributed by atoms with van der Waals surface area (Å²) in [4.78, 5) is 4.59. The van der Waals surface area contributed by atoms with E-state index in [4.69, 9.17) is 5.10 Å². The molecule has 3 aromatic rings. The fourth-order valence-electron chi connectivity index (χ4n) is 2.92. The third kappa shape index (κ3) is 3.37. The molecule has 0 bridgehead atoms. The Bertz CT molecular complexity index is 936. The number of rotatable bonds is 3. The van der Waals surface area contributed by atoms with Gasteiger partial charge in [-0.1, -0.05) is 40.2 Å². The average Bonchev–Trinajstić information content (AvgIpc) is 3.22. The highest BCUT2D eigenvalue weighted by molar-refractivity contribution is 9.10. The SMILES string of the molecule is Cc1csc(N2N=C(c3cccc(F)c3)CC2c2ccc(Br)cc2)n1. The Balaban J connectivity index is 1.75. The summed E-state index contributed by atoms with van der Waals surface area (Å²) >= 11 is 5.05. The average molecular weight is 416 g/mol. The molecular formula is C19H15BrFN3S. The minimum Gasteiger partial charge on any atom is -0.231 e. The van der Waals surface area contributed by atoms with Gasteiger partial charge in [-0.3, -0.25) is 0 Å². The van der Waals surface area contributed by atoms with Crippen molar-refractivity contribution in [1.82, 2.24) is 4.98 Å². The van der Waals surface area contributed by atoms with Crippen LogP contribution in [0.2, 0.25) is 0 Å². The molecule has 126 valence electrons. The number of nitrogens with zero attached hydrogens (tertiary/aromatic N) is 3. The molecular weight excluding hydrogens is 401 g/mol. The van der Waals surface area contributed by atoms with Crippen molar-refractivity contribution < 1.29 is 4.39 Å². The minimum atomic E-state index is -0.246. The van der Waals surface area contributed by atoms with E-state index < -0.39 is 0 Å². The smallest absolute Gasteiger partial charge is 0.206 e. The lowest BCUT2D eigenvalue weighted by Crippen LogP contribution is -2.18. The number of thiazole rings is 1. The number of aryl methyl sites for hydroxylation is 1. The topological polar surface area (TPSA) is 28.5 Å². The van der Waals surface area contributed by atoms with Crippen molar-refractivity contribution in [2.75, 3.05) is 5.01 Å². The van der Waals surface area contributed by atoms with Crippen LogP contribution >= 0.6 is 27.3 Å². The molecule has 0 radical (unpaired) electrons. The van der Waals surface area contributed by atoms with Gasteiger partial charge in [0, 0.05) is 21.8 Å². The van der Waals surface area contributed by atoms with E-state index in [1.165, 1.54) is 12.1 Å². The van der Waals surface area contributed by atoms with E-state index in [2.05, 4.69) is 33.0 Å². The van der Waals surface area contributed by atoms with Gasteiger partial charge in [0.15, 0.2) is 0 Å². The lowest BCUT2D eigenvalue weighted by atomic mass is 9.98. The first-order valence-electron chi connectivity index (χ1n) is 7.90. The van der Waals surface area contributed by atoms with Crippen LogP contribution in [-0.4, -0.2) is 10.7 Å². The van der Waals surface area contributed by atoms with E-state index in [-0.39, 0.29) is 11.9 Å². The van der Waals surface area contributed by atoms with Crippen molar-refractivity contribution in [1.29, 1.82) is 0 Å². The zero-order valence-corrected chi connectivity index (χ0v) is 15.9. The molecule has 0 spiro atoms. The third-order valence-electron chi connectivity index (χ3n) is 4.13. The van der Waals surface area contributed by atoms with E-state index in [0.717, 1.165) is 32.1 Å². The number of hydrogen-bond donors (Lipinski definition) is 0. The van der Waals surface area contributed by atoms with Crippen molar-refractivity contribution in [3.63, 3.8) is 0 Å². The van der Waals surface area contributed by atoms with Crippen LogP contribution in [0.5, 0.6) is 0 Å². The Hall–Kier alpha value is -2.05. The lowest BCUT2D eigenvalue weighted by Gasteiger charge is -2.21. The zero-order chi connectivity index (χ0) is 17.4. The van der Waals surface area contributed by atoms with Gasteiger partial charge < -0.3 is 0 Å². The first kappa shape index (κ1) is 16.4. The zero-order valence-electron chi connectivity index (χ0n) is 13.5. The molecule has 6 heteroatoms. The summed E-state index contributed by atoms with van der Waals surface area (Å²) in [5, 5.41) is 9.62. The Labute approximate surface area is 158 Å². The van der Waals surface area contributed by atoms with Gasteiger partial charge in [-0.05, 0) is 36.8 Å². The molecule has 1 aliphatic rings. The summed E-state index contributed by atoms with van der Waals surface area (Å²) < 4.78 is 14.7. The maximum Gasteiger partial charge on any atom is 0.206 e. The molecule has 2 aromatic carbocycles. The van der Waals surface area contributed by atoms with Crippen LogP contribution in [0.15, 0.2) is 63.5 Å². The van der Waals surface area contributed by atoms with E-state index in [0.29, 0.717) is 6.42 Å². The number of aromatic nitrogens is 1. The molecule has 1 aromatic heterocycles. The Morgan fingerprint density at radius 3 is 2.68 bits per heavy atom. The molecule has 1 unspecified atom stereocenters. The van der Waals surface area contributed by atoms with Crippen LogP contribution in [0.25, 0.3) is 0 Å². The molecule has 0 amide bonds. The molecule has 3 nitrogen and oxygen atoms in total. The van der Waals surface area contributed by atoms with E-state index >= 15 is 0 Å². The number of halogens is 2. The normalized spacial score (nSPS) is 17.0. The number of hydrazone groups is 1. The fourth-order valence-corrected chi connectivity index (χ4v) is 3.99. The Kier molecular flexibility index (Phi) is 4.39. The predicted molar refractivity (Wildman–Crippen MR) is 104 cm³/mol. The van der Waals surface area contributed by atoms with Gasteiger partial charge >= 0.3 is 0 Å². The number of benzene rings is 2. The molecule has 1 aliphatic heterocycles. The first-order valence-corrected chi connectivity index (χ1v) is 9.57. The van der Waals surface area contributed by atoms with Crippen molar-refractivity contribution in [3.05, 3.63) is 81.0 Å². The number of hydrogen-bond acceptors (Lipinski definition) is 4. The van der Waals surface area contributed by atoms with Crippen LogP contribution in [0.4, 0.5) is 9.52 Å². The third-order valence-corrected chi connectivity index (χ3v) is 5.60. The van der Waals surface area contributed by atoms with Crippen LogP contribution in [0.1, 0.15) is 29.3 Å². The fraction of sp³-hybridized carbons (Fsp3) is 0.158. The summed E-state index contributed by atoms with van der Waals surface area (Å²) in [6.07, 6.45) is 0.712. The van der Waals surface area contributed by atoms with Gasteiger partial charge in [0.05, 0.1) is 17.4 Å². The molecule has 2 heterocycles. The number of anilines is 1. The van der Waals surface area contributed by atoms with Gasteiger partial charge in [-0.25, -0.2) is 14.4 Å². The van der Waals surface area contributed by atoms with Gasteiger partial charge in [0.2, 0.25) is 5.13 Å². The van der Waals surface area contributed by atoms with Crippen LogP contribution in [0, 0.1) is 12.7 Å². The summed E-state index contributed by atoms with van der Waals surface area (Å²) in [6.45, 7) is 1.97. The molecule has 0 aliphatic carbocycles. The summed E-state index contributed by atoms with van der Waals surface area (Å²) in [5.74, 6) is -0.246. The van der Waals surface area contributed by atoms with E-state index in [1.807, 2.05) is 35.5 Å². The van der Waals surface area contributed by atoms with Gasteiger partial charge in [-0.15, -0.1) is 11.3 Å². The maximum absolute atomic E-state index is 13.6. The van der Waals surface area contributed by atoms with Crippen molar-refractivity contribution in [2.45, 2.75) is 19.4 Å². The Morgan fingerprint density at radius 2 is 2.00 bits per heavy atom. The first-order chi connectivity index (χ1) is 12.1. The summed E-state index contributed by atoms with van der Waals surface area (Å²) in [6, 6.07) is 14.9. The van der Waals surface area contributed by atoms with Gasteiger partial charge in [0.25, 0.3) is 0 Å². The predicted octanol–water partition coefficient (Wildman–Crippen LogP) is 5.71. The largest absolute Gasteiger partial charge is 0.231 e. The van der Waals surface area contributed by atoms with Crippen molar-refractivity contribution >= 4 is 38.1 Å². The second-order valence-electron chi connectivity index (χ2n) is 5.94. The highest BCUT2D eigenvalue weighted by Gasteiger charge is 2.31. The maximum atomic E-state index is 13.6. The molecule has 0 saturated heterocycles. The molecule has 1 atom stereocenters. The highest BCUT2D eigenvalue weighted by atomic mass is 79.9. The van der Waals surface area contributed by atoms with Crippen LogP contribution < -0.4 is 5.01 Å². The molecule has 4 rings (SSSR count). The quantitative estimate of drug-likeness (QED) is 0.547. The molecule has 0 N–H and O–H groups in total. The van der Waals surface area contributed by atoms with Crippen molar-refractivity contribution in [2.24, 2.45) is 5.10 Å². The second-order valence-corrected chi connectivity index (χ2v) is 7.70. The standard InChI is InChI=1S/C19H15BrFN3S/c1-12-11-25-19(22-12)24-18(13-5-7-15(20)8-6-13)10-17(23-24)14-3-2-4-16(21)9-14/h2-9,11,18H,10H2,1H3. The van der Waals surface area contributed by atoms with E-state index in [9.17, 15) is 4.39 Å². The second kappa shape index (κ2) is 6.69. The molecule has 0 saturated carbocycles.